The third-order valence-corrected chi connectivity index (χ3v) is 7.62. The van der Waals surface area contributed by atoms with E-state index in [1.807, 2.05) is 30.3 Å². The Morgan fingerprint density at radius 3 is 2.20 bits per heavy atom. The summed E-state index contributed by atoms with van der Waals surface area (Å²) in [6.07, 6.45) is 0.471. The van der Waals surface area contributed by atoms with Crippen molar-refractivity contribution in [1.82, 2.24) is 5.43 Å². The summed E-state index contributed by atoms with van der Waals surface area (Å²) >= 11 is 0. The molecule has 4 aromatic rings. The van der Waals surface area contributed by atoms with Crippen LogP contribution in [0.3, 0.4) is 0 Å². The van der Waals surface area contributed by atoms with Gasteiger partial charge in [0.1, 0.15) is 0 Å². The molecule has 0 aromatic heterocycles. The summed E-state index contributed by atoms with van der Waals surface area (Å²) in [5.41, 5.74) is 4.03. The molecule has 11 heteroatoms. The molecule has 210 valence electrons. The quantitative estimate of drug-likeness (QED) is 0.123. The van der Waals surface area contributed by atoms with Crippen LogP contribution in [0.5, 0.6) is 11.5 Å². The summed E-state index contributed by atoms with van der Waals surface area (Å²) in [7, 11) is -1.44. The van der Waals surface area contributed by atoms with Crippen molar-refractivity contribution in [2.24, 2.45) is 5.10 Å². The van der Waals surface area contributed by atoms with Gasteiger partial charge >= 0.3 is 6.16 Å². The predicted octanol–water partition coefficient (Wildman–Crippen LogP) is 5.00. The van der Waals surface area contributed by atoms with Crippen LogP contribution in [0.2, 0.25) is 0 Å². The number of benzene rings is 4. The lowest BCUT2D eigenvalue weighted by Gasteiger charge is -2.26. The summed E-state index contributed by atoms with van der Waals surface area (Å²) in [5, 5.41) is 4.02. The van der Waals surface area contributed by atoms with Gasteiger partial charge in [-0.2, -0.15) is 5.10 Å². The van der Waals surface area contributed by atoms with Crippen LogP contribution in [0.15, 0.2) is 113 Å². The zero-order valence-electron chi connectivity index (χ0n) is 22.3. The molecule has 0 aliphatic carbocycles. The third-order valence-electron chi connectivity index (χ3n) is 5.84. The van der Waals surface area contributed by atoms with E-state index in [0.29, 0.717) is 5.56 Å². The number of rotatable bonds is 10. The molecule has 4 rings (SSSR count). The molecule has 0 heterocycles. The lowest BCUT2D eigenvalue weighted by molar-refractivity contribution is 0.0955. The first-order valence-corrected chi connectivity index (χ1v) is 13.8. The van der Waals surface area contributed by atoms with Crippen LogP contribution in [-0.2, 0) is 21.3 Å². The number of carbonyl (C=O) groups excluding carboxylic acids is 2. The summed E-state index contributed by atoms with van der Waals surface area (Å²) in [5.74, 6) is -0.220. The molecule has 0 aliphatic rings. The van der Waals surface area contributed by atoms with Crippen molar-refractivity contribution in [2.75, 3.05) is 18.5 Å². The number of hydrogen-bond donors (Lipinski definition) is 1. The van der Waals surface area contributed by atoms with E-state index < -0.39 is 22.1 Å². The highest BCUT2D eigenvalue weighted by atomic mass is 32.2. The molecule has 0 aliphatic heterocycles. The predicted molar refractivity (Wildman–Crippen MR) is 154 cm³/mol. The molecule has 0 spiro atoms. The molecule has 0 fully saturated rings. The smallest absolute Gasteiger partial charge is 0.493 e. The van der Waals surface area contributed by atoms with Crippen molar-refractivity contribution < 1.29 is 32.2 Å². The van der Waals surface area contributed by atoms with Crippen LogP contribution in [0, 0.1) is 0 Å². The van der Waals surface area contributed by atoms with Crippen LogP contribution >= 0.6 is 0 Å². The molecule has 41 heavy (non-hydrogen) atoms. The number of nitrogens with one attached hydrogen (secondary N) is 1. The first kappa shape index (κ1) is 28.8. The fourth-order valence-corrected chi connectivity index (χ4v) is 5.35. The van der Waals surface area contributed by atoms with E-state index in [0.717, 1.165) is 5.56 Å². The van der Waals surface area contributed by atoms with Gasteiger partial charge in [-0.3, -0.25) is 9.10 Å². The Balaban J connectivity index is 1.62. The van der Waals surface area contributed by atoms with Crippen molar-refractivity contribution in [1.29, 1.82) is 0 Å². The maximum atomic E-state index is 13.8. The Hall–Kier alpha value is -5.16. The average molecular weight is 574 g/mol. The van der Waals surface area contributed by atoms with Gasteiger partial charge in [-0.25, -0.2) is 18.6 Å². The van der Waals surface area contributed by atoms with E-state index in [1.165, 1.54) is 49.0 Å². The number of hydrogen-bond acceptors (Lipinski definition) is 8. The van der Waals surface area contributed by atoms with Crippen molar-refractivity contribution >= 4 is 34.0 Å². The Labute approximate surface area is 237 Å². The molecule has 1 N–H and O–H groups in total. The van der Waals surface area contributed by atoms with Gasteiger partial charge in [0.25, 0.3) is 15.9 Å². The average Bonchev–Trinajstić information content (AvgIpc) is 3.01. The van der Waals surface area contributed by atoms with Gasteiger partial charge in [0.2, 0.25) is 0 Å². The first-order chi connectivity index (χ1) is 19.8. The monoisotopic (exact) mass is 573 g/mol. The van der Waals surface area contributed by atoms with Gasteiger partial charge in [0, 0.05) is 0 Å². The Kier molecular flexibility index (Phi) is 9.33. The second-order valence-electron chi connectivity index (χ2n) is 8.49. The maximum absolute atomic E-state index is 13.8. The van der Waals surface area contributed by atoms with Gasteiger partial charge in [0.05, 0.1) is 43.1 Å². The minimum atomic E-state index is -4.04. The van der Waals surface area contributed by atoms with E-state index in [-0.39, 0.29) is 34.2 Å². The number of carbonyl (C=O) groups is 2. The summed E-state index contributed by atoms with van der Waals surface area (Å²) in [6, 6.07) is 28.2. The maximum Gasteiger partial charge on any atom is 0.513 e. The van der Waals surface area contributed by atoms with Crippen molar-refractivity contribution in [3.8, 4) is 11.5 Å². The summed E-state index contributed by atoms with van der Waals surface area (Å²) < 4.78 is 43.6. The van der Waals surface area contributed by atoms with Gasteiger partial charge in [-0.1, -0.05) is 60.7 Å². The van der Waals surface area contributed by atoms with Gasteiger partial charge in [-0.15, -0.1) is 0 Å². The molecule has 0 bridgehead atoms. The van der Waals surface area contributed by atoms with E-state index >= 15 is 0 Å². The zero-order valence-corrected chi connectivity index (χ0v) is 23.1. The van der Waals surface area contributed by atoms with E-state index in [9.17, 15) is 18.0 Å². The Morgan fingerprint density at radius 1 is 0.854 bits per heavy atom. The molecule has 10 nitrogen and oxygen atoms in total. The molecular weight excluding hydrogens is 546 g/mol. The second-order valence-corrected chi connectivity index (χ2v) is 10.4. The number of anilines is 1. The number of ether oxygens (including phenoxy) is 3. The van der Waals surface area contributed by atoms with Crippen LogP contribution in [0.1, 0.15) is 21.5 Å². The van der Waals surface area contributed by atoms with E-state index in [2.05, 4.69) is 15.3 Å². The number of sulfonamides is 1. The highest BCUT2D eigenvalue weighted by Crippen LogP contribution is 2.30. The highest BCUT2D eigenvalue weighted by molar-refractivity contribution is 7.92. The largest absolute Gasteiger partial charge is 0.513 e. The number of nitrogens with zero attached hydrogens (tertiary/aromatic N) is 2. The standard InChI is InChI=1S/C30H27N3O7S/c1-38-28-19-23(17-18-27(28)40-30(35)39-2)20-31-32-29(34)25-15-9-10-16-26(25)33(21-22-11-5-3-6-12-22)41(36,37)24-13-7-4-8-14-24/h3-20H,21H2,1-2H3,(H,32,34)/b31-20-. The highest BCUT2D eigenvalue weighted by Gasteiger charge is 2.28. The number of hydrazone groups is 1. The van der Waals surface area contributed by atoms with E-state index in [4.69, 9.17) is 9.47 Å². The minimum Gasteiger partial charge on any atom is -0.493 e. The number of methoxy groups -OCH3 is 2. The fraction of sp³-hybridized carbons (Fsp3) is 0.100. The lowest BCUT2D eigenvalue weighted by atomic mass is 10.1. The molecule has 0 saturated heterocycles. The Bertz CT molecular complexity index is 1640. The second kappa shape index (κ2) is 13.3. The van der Waals surface area contributed by atoms with Crippen molar-refractivity contribution in [3.63, 3.8) is 0 Å². The topological polar surface area (TPSA) is 124 Å². The fourth-order valence-electron chi connectivity index (χ4n) is 3.86. The van der Waals surface area contributed by atoms with Crippen LogP contribution < -0.4 is 19.2 Å². The van der Waals surface area contributed by atoms with Gasteiger partial charge < -0.3 is 14.2 Å². The molecular formula is C30H27N3O7S. The minimum absolute atomic E-state index is 0.00537. The molecule has 0 radical (unpaired) electrons. The van der Waals surface area contributed by atoms with Crippen molar-refractivity contribution in [2.45, 2.75) is 11.4 Å². The normalized spacial score (nSPS) is 11.1. The number of amides is 1. The summed E-state index contributed by atoms with van der Waals surface area (Å²) in [6.45, 7) is 0.00537. The van der Waals surface area contributed by atoms with E-state index in [1.54, 1.807) is 48.5 Å². The third kappa shape index (κ3) is 7.08. The lowest BCUT2D eigenvalue weighted by Crippen LogP contribution is -2.33. The zero-order chi connectivity index (χ0) is 29.2. The Morgan fingerprint density at radius 2 is 1.51 bits per heavy atom. The van der Waals surface area contributed by atoms with Crippen molar-refractivity contribution in [3.05, 3.63) is 120 Å². The molecule has 1 amide bonds. The SMILES string of the molecule is COC(=O)Oc1ccc(/C=N\NC(=O)c2ccccc2N(Cc2ccccc2)S(=O)(=O)c2ccccc2)cc1OC. The van der Waals surface area contributed by atoms with Gasteiger partial charge in [-0.05, 0) is 53.6 Å². The van der Waals surface area contributed by atoms with Gasteiger partial charge in [0.15, 0.2) is 11.5 Å². The summed E-state index contributed by atoms with van der Waals surface area (Å²) in [4.78, 5) is 24.8. The van der Waals surface area contributed by atoms with Crippen LogP contribution in [0.25, 0.3) is 0 Å². The molecule has 0 saturated carbocycles. The number of para-hydroxylation sites is 1. The van der Waals surface area contributed by atoms with Crippen LogP contribution in [0.4, 0.5) is 10.5 Å². The molecule has 0 atom stereocenters. The molecule has 0 unspecified atom stereocenters. The van der Waals surface area contributed by atoms with Crippen LogP contribution in [-0.4, -0.2) is 40.9 Å². The first-order valence-electron chi connectivity index (χ1n) is 12.3. The molecule has 4 aromatic carbocycles.